The van der Waals surface area contributed by atoms with E-state index in [9.17, 15) is 8.78 Å². The van der Waals surface area contributed by atoms with Gasteiger partial charge in [0.1, 0.15) is 11.6 Å². The summed E-state index contributed by atoms with van der Waals surface area (Å²) >= 11 is 7.54. The van der Waals surface area contributed by atoms with Crippen molar-refractivity contribution in [2.75, 3.05) is 0 Å². The maximum absolute atomic E-state index is 13.6. The first-order valence-corrected chi connectivity index (χ1v) is 5.86. The van der Waals surface area contributed by atoms with Crippen LogP contribution < -0.4 is 0 Å². The van der Waals surface area contributed by atoms with Gasteiger partial charge in [-0.2, -0.15) is 0 Å². The van der Waals surface area contributed by atoms with Gasteiger partial charge >= 0.3 is 0 Å². The van der Waals surface area contributed by atoms with Gasteiger partial charge in [0.15, 0.2) is 0 Å². The molecule has 0 spiro atoms. The van der Waals surface area contributed by atoms with Crippen LogP contribution in [0.3, 0.4) is 0 Å². The van der Waals surface area contributed by atoms with Crippen molar-refractivity contribution < 1.29 is 8.78 Å². The van der Waals surface area contributed by atoms with Gasteiger partial charge < -0.3 is 0 Å². The molecule has 0 bridgehead atoms. The maximum atomic E-state index is 13.6. The fraction of sp³-hybridized carbons (Fsp3) is 0. The van der Waals surface area contributed by atoms with Gasteiger partial charge in [-0.15, -0.1) is 0 Å². The van der Waals surface area contributed by atoms with Gasteiger partial charge in [0.05, 0.1) is 5.56 Å². The molecule has 0 aliphatic heterocycles. The molecule has 0 aromatic heterocycles. The van der Waals surface area contributed by atoms with Gasteiger partial charge in [-0.1, -0.05) is 29.8 Å². The Bertz CT molecular complexity index is 517. The van der Waals surface area contributed by atoms with Gasteiger partial charge in [-0.25, -0.2) is 8.78 Å². The van der Waals surface area contributed by atoms with Gasteiger partial charge in [0, 0.05) is 14.2 Å². The third-order valence-corrected chi connectivity index (χ3v) is 3.19. The molecule has 1 radical (unpaired) electrons. The van der Waals surface area contributed by atoms with Crippen molar-refractivity contribution in [2.45, 2.75) is 0 Å². The molecule has 16 heavy (non-hydrogen) atoms. The van der Waals surface area contributed by atoms with E-state index in [0.29, 0.717) is 9.13 Å². The van der Waals surface area contributed by atoms with Crippen LogP contribution in [0.15, 0.2) is 30.3 Å². The lowest BCUT2D eigenvalue weighted by atomic mass is 10.0. The lowest BCUT2D eigenvalue weighted by Crippen LogP contribution is -1.92. The van der Waals surface area contributed by atoms with Gasteiger partial charge in [-0.3, -0.25) is 0 Å². The van der Waals surface area contributed by atoms with Gasteiger partial charge in [0.25, 0.3) is 0 Å². The standard InChI is InChI=1S/C12H5ClF2I/c13-7-5-9(14)12(10(15)6-7)8-3-1-2-4-11(8)16/h1-3,5-6H. The van der Waals surface area contributed by atoms with Crippen LogP contribution in [0.1, 0.15) is 0 Å². The molecule has 0 unspecified atom stereocenters. The fourth-order valence-electron chi connectivity index (χ4n) is 1.41. The summed E-state index contributed by atoms with van der Waals surface area (Å²) in [6.45, 7) is 0. The van der Waals surface area contributed by atoms with Crippen molar-refractivity contribution in [3.8, 4) is 11.1 Å². The molecule has 0 saturated carbocycles. The molecule has 0 fully saturated rings. The van der Waals surface area contributed by atoms with E-state index >= 15 is 0 Å². The molecule has 0 N–H and O–H groups in total. The van der Waals surface area contributed by atoms with Crippen molar-refractivity contribution in [2.24, 2.45) is 0 Å². The largest absolute Gasteiger partial charge is 0.206 e. The quantitative estimate of drug-likeness (QED) is 0.655. The number of hydrogen-bond acceptors (Lipinski definition) is 0. The van der Waals surface area contributed by atoms with Crippen LogP contribution in [0.2, 0.25) is 5.02 Å². The third kappa shape index (κ3) is 2.20. The molecular weight excluding hydrogens is 344 g/mol. The molecular formula is C12H5ClF2I. The normalized spacial score (nSPS) is 10.5. The van der Waals surface area contributed by atoms with Crippen molar-refractivity contribution in [3.63, 3.8) is 0 Å². The molecule has 0 aliphatic carbocycles. The zero-order valence-corrected chi connectivity index (χ0v) is 10.8. The molecule has 2 aromatic carbocycles. The topological polar surface area (TPSA) is 0 Å². The average molecular weight is 350 g/mol. The average Bonchev–Trinajstić information content (AvgIpc) is 2.19. The summed E-state index contributed by atoms with van der Waals surface area (Å²) < 4.78 is 27.9. The minimum Gasteiger partial charge on any atom is -0.206 e. The highest BCUT2D eigenvalue weighted by Gasteiger charge is 2.14. The smallest absolute Gasteiger partial charge is 0.135 e. The summed E-state index contributed by atoms with van der Waals surface area (Å²) in [6, 6.07) is 10.1. The van der Waals surface area contributed by atoms with Crippen LogP contribution in [0, 0.1) is 21.3 Å². The highest BCUT2D eigenvalue weighted by Crippen LogP contribution is 2.31. The summed E-state index contributed by atoms with van der Waals surface area (Å²) in [4.78, 5) is 0. The third-order valence-electron chi connectivity index (χ3n) is 2.08. The Kier molecular flexibility index (Phi) is 3.44. The van der Waals surface area contributed by atoms with Gasteiger partial charge in [-0.05, 0) is 40.8 Å². The second kappa shape index (κ2) is 4.67. The van der Waals surface area contributed by atoms with Crippen LogP contribution in [0.5, 0.6) is 0 Å². The van der Waals surface area contributed by atoms with Crippen LogP contribution in [0.4, 0.5) is 8.78 Å². The predicted molar refractivity (Wildman–Crippen MR) is 68.4 cm³/mol. The van der Waals surface area contributed by atoms with Crippen LogP contribution in [0.25, 0.3) is 11.1 Å². The summed E-state index contributed by atoms with van der Waals surface area (Å²) in [5.74, 6) is -1.33. The number of halogens is 4. The molecule has 0 nitrogen and oxygen atoms in total. The minimum atomic E-state index is -0.664. The van der Waals surface area contributed by atoms with Crippen LogP contribution >= 0.6 is 34.2 Å². The first-order valence-electron chi connectivity index (χ1n) is 4.40. The Labute approximate surface area is 110 Å². The Morgan fingerprint density at radius 2 is 1.81 bits per heavy atom. The van der Waals surface area contributed by atoms with Crippen LogP contribution in [-0.2, 0) is 0 Å². The molecule has 2 rings (SSSR count). The molecule has 81 valence electrons. The zero-order chi connectivity index (χ0) is 11.7. The number of rotatable bonds is 1. The van der Waals surface area contributed by atoms with Crippen molar-refractivity contribution in [1.29, 1.82) is 0 Å². The highest BCUT2D eigenvalue weighted by molar-refractivity contribution is 14.1. The summed E-state index contributed by atoms with van der Waals surface area (Å²) in [7, 11) is 0. The first kappa shape index (κ1) is 11.8. The first-order chi connectivity index (χ1) is 7.59. The van der Waals surface area contributed by atoms with E-state index in [1.807, 2.05) is 22.6 Å². The second-order valence-electron chi connectivity index (χ2n) is 3.14. The van der Waals surface area contributed by atoms with E-state index in [1.54, 1.807) is 18.2 Å². The molecule has 0 aliphatic rings. The lowest BCUT2D eigenvalue weighted by Gasteiger charge is -2.07. The Morgan fingerprint density at radius 3 is 2.38 bits per heavy atom. The Balaban J connectivity index is 2.70. The number of hydrogen-bond donors (Lipinski definition) is 0. The molecule has 0 atom stereocenters. The minimum absolute atomic E-state index is 0.0497. The van der Waals surface area contributed by atoms with E-state index in [2.05, 4.69) is 6.07 Å². The maximum Gasteiger partial charge on any atom is 0.135 e. The number of benzene rings is 2. The van der Waals surface area contributed by atoms with E-state index in [4.69, 9.17) is 11.6 Å². The zero-order valence-electron chi connectivity index (χ0n) is 7.90. The predicted octanol–water partition coefficient (Wildman–Crippen LogP) is 4.69. The van der Waals surface area contributed by atoms with Crippen molar-refractivity contribution in [1.82, 2.24) is 0 Å². The Morgan fingerprint density at radius 1 is 1.19 bits per heavy atom. The summed E-state index contributed by atoms with van der Waals surface area (Å²) in [5, 5.41) is 0.0497. The summed E-state index contributed by atoms with van der Waals surface area (Å²) in [6.07, 6.45) is 0. The van der Waals surface area contributed by atoms with Gasteiger partial charge in [0.2, 0.25) is 0 Å². The van der Waals surface area contributed by atoms with E-state index < -0.39 is 11.6 Å². The molecule has 0 amide bonds. The fourth-order valence-corrected chi connectivity index (χ4v) is 2.23. The molecule has 4 heteroatoms. The van der Waals surface area contributed by atoms with E-state index in [-0.39, 0.29) is 10.6 Å². The second-order valence-corrected chi connectivity index (χ2v) is 4.66. The van der Waals surface area contributed by atoms with E-state index in [0.717, 1.165) is 12.1 Å². The molecule has 0 saturated heterocycles. The van der Waals surface area contributed by atoms with Crippen LogP contribution in [-0.4, -0.2) is 0 Å². The van der Waals surface area contributed by atoms with Crippen molar-refractivity contribution >= 4 is 34.2 Å². The molecule has 2 aromatic rings. The SMILES string of the molecule is Fc1cc(Cl)cc(F)c1-c1ccc[c]c1I. The lowest BCUT2D eigenvalue weighted by molar-refractivity contribution is 0.589. The molecule has 0 heterocycles. The van der Waals surface area contributed by atoms with E-state index in [1.165, 1.54) is 0 Å². The Hall–Kier alpha value is -0.680. The summed E-state index contributed by atoms with van der Waals surface area (Å²) in [5.41, 5.74) is 0.417. The highest BCUT2D eigenvalue weighted by atomic mass is 127. The monoisotopic (exact) mass is 349 g/mol. The van der Waals surface area contributed by atoms with Crippen molar-refractivity contribution in [3.05, 3.63) is 56.6 Å².